The average molecular weight is 280 g/mol. The van der Waals surface area contributed by atoms with Gasteiger partial charge in [0, 0.05) is 17.3 Å². The normalized spacial score (nSPS) is 28.4. The fourth-order valence-corrected chi connectivity index (χ4v) is 4.99. The Labute approximate surface area is 119 Å². The number of rotatable bonds is 3. The van der Waals surface area contributed by atoms with Crippen LogP contribution in [0.4, 0.5) is 4.39 Å². The predicted molar refractivity (Wildman–Crippen MR) is 79.4 cm³/mol. The zero-order valence-electron chi connectivity index (χ0n) is 11.6. The first kappa shape index (κ1) is 13.6. The van der Waals surface area contributed by atoms with E-state index in [-0.39, 0.29) is 18.1 Å². The van der Waals surface area contributed by atoms with Crippen LogP contribution in [-0.2, 0) is 5.54 Å². The number of nitrogens with zero attached hydrogens (tertiary/aromatic N) is 1. The minimum atomic E-state index is -0.142. The summed E-state index contributed by atoms with van der Waals surface area (Å²) in [6, 6.07) is 4.47. The Kier molecular flexibility index (Phi) is 4.23. The Morgan fingerprint density at radius 2 is 2.11 bits per heavy atom. The molecule has 1 atom stereocenters. The summed E-state index contributed by atoms with van der Waals surface area (Å²) >= 11 is 1.90. The van der Waals surface area contributed by atoms with Crippen LogP contribution in [0.3, 0.4) is 0 Å². The van der Waals surface area contributed by atoms with E-state index in [2.05, 4.69) is 22.4 Å². The van der Waals surface area contributed by atoms with Crippen LogP contribution in [0.15, 0.2) is 17.5 Å². The molecule has 1 aromatic rings. The summed E-state index contributed by atoms with van der Waals surface area (Å²) in [4.78, 5) is 4.15. The Hall–Kier alpha value is -0.410. The van der Waals surface area contributed by atoms with Gasteiger partial charge in [0.05, 0.1) is 12.2 Å². The summed E-state index contributed by atoms with van der Waals surface area (Å²) in [5, 5.41) is 2.20. The number of thiophene rings is 1. The molecule has 1 saturated carbocycles. The lowest BCUT2D eigenvalue weighted by Gasteiger charge is -2.49. The second kappa shape index (κ2) is 5.92. The number of hydrogen-bond acceptors (Lipinski definition) is 2. The number of hydrogen-bond donors (Lipinski definition) is 0. The fourth-order valence-electron chi connectivity index (χ4n) is 3.98. The standard InChI is InChI=1S/C16H24FNS/c17-12-14-6-4-10-18(13-14)16(8-2-1-3-9-16)15-7-5-11-19-15/h5,7,11,14H,1-4,6,8-10,12-13H2/i17-1. The Morgan fingerprint density at radius 1 is 1.26 bits per heavy atom. The molecule has 0 radical (unpaired) electrons. The van der Waals surface area contributed by atoms with E-state index < -0.39 is 0 Å². The molecule has 2 fully saturated rings. The van der Waals surface area contributed by atoms with Crippen LogP contribution in [-0.4, -0.2) is 24.7 Å². The van der Waals surface area contributed by atoms with Crippen LogP contribution in [0.2, 0.25) is 0 Å². The predicted octanol–water partition coefficient (Wildman–Crippen LogP) is 4.59. The van der Waals surface area contributed by atoms with Gasteiger partial charge in [0.1, 0.15) is 0 Å². The number of alkyl halides is 1. The first-order valence-electron chi connectivity index (χ1n) is 7.70. The van der Waals surface area contributed by atoms with Gasteiger partial charge in [-0.3, -0.25) is 9.29 Å². The van der Waals surface area contributed by atoms with Crippen molar-refractivity contribution in [1.29, 1.82) is 0 Å². The van der Waals surface area contributed by atoms with Crippen molar-refractivity contribution in [3.05, 3.63) is 22.4 Å². The monoisotopic (exact) mass is 280 g/mol. The van der Waals surface area contributed by atoms with Crippen LogP contribution in [0.5, 0.6) is 0 Å². The van der Waals surface area contributed by atoms with Gasteiger partial charge in [0.15, 0.2) is 0 Å². The smallest absolute Gasteiger partial charge is 0.0934 e. The molecular formula is C16H24FNS. The number of piperidine rings is 1. The highest BCUT2D eigenvalue weighted by Gasteiger charge is 2.41. The van der Waals surface area contributed by atoms with Gasteiger partial charge in [-0.2, -0.15) is 0 Å². The van der Waals surface area contributed by atoms with Crippen LogP contribution >= 0.6 is 11.3 Å². The van der Waals surface area contributed by atoms with E-state index in [9.17, 15) is 4.39 Å². The van der Waals surface area contributed by atoms with Gasteiger partial charge in [0.25, 0.3) is 0 Å². The maximum absolute atomic E-state index is 13.1. The van der Waals surface area contributed by atoms with Crippen molar-refractivity contribution < 1.29 is 4.39 Å². The molecule has 19 heavy (non-hydrogen) atoms. The van der Waals surface area contributed by atoms with E-state index in [1.165, 1.54) is 43.4 Å². The van der Waals surface area contributed by atoms with Gasteiger partial charge < -0.3 is 0 Å². The van der Waals surface area contributed by atoms with Crippen molar-refractivity contribution >= 4 is 11.3 Å². The van der Waals surface area contributed by atoms with Crippen molar-refractivity contribution in [2.75, 3.05) is 19.8 Å². The molecular weight excluding hydrogens is 256 g/mol. The fraction of sp³-hybridized carbons (Fsp3) is 0.750. The Morgan fingerprint density at radius 3 is 2.79 bits per heavy atom. The first-order valence-corrected chi connectivity index (χ1v) is 8.58. The van der Waals surface area contributed by atoms with Gasteiger partial charge in [-0.1, -0.05) is 25.3 Å². The molecule has 3 rings (SSSR count). The lowest BCUT2D eigenvalue weighted by molar-refractivity contribution is 0.00888. The van der Waals surface area contributed by atoms with Crippen molar-refractivity contribution in [2.24, 2.45) is 5.92 Å². The summed E-state index contributed by atoms with van der Waals surface area (Å²) in [6.07, 6.45) is 8.81. The molecule has 1 aliphatic carbocycles. The molecule has 3 heteroatoms. The quantitative estimate of drug-likeness (QED) is 0.783. The minimum Gasteiger partial charge on any atom is -0.292 e. The minimum absolute atomic E-state index is 0.142. The zero-order valence-corrected chi connectivity index (χ0v) is 12.4. The molecule has 0 aromatic carbocycles. The topological polar surface area (TPSA) is 3.24 Å². The first-order chi connectivity index (χ1) is 9.35. The third-order valence-corrected chi connectivity index (χ3v) is 6.07. The molecule has 1 saturated heterocycles. The molecule has 1 unspecified atom stereocenters. The summed E-state index contributed by atoms with van der Waals surface area (Å²) in [6.45, 7) is 1.99. The molecule has 1 nitrogen and oxygen atoms in total. The molecule has 0 spiro atoms. The van der Waals surface area contributed by atoms with E-state index in [1.54, 1.807) is 0 Å². The lowest BCUT2D eigenvalue weighted by Crippen LogP contribution is -2.51. The highest BCUT2D eigenvalue weighted by atomic mass is 32.1. The van der Waals surface area contributed by atoms with E-state index in [4.69, 9.17) is 0 Å². The van der Waals surface area contributed by atoms with Gasteiger partial charge >= 0.3 is 0 Å². The summed E-state index contributed by atoms with van der Waals surface area (Å²) in [7, 11) is 0. The average Bonchev–Trinajstić information content (AvgIpc) is 3.03. The maximum Gasteiger partial charge on any atom is 0.0934 e. The molecule has 1 aromatic heterocycles. The maximum atomic E-state index is 13.1. The number of halogens is 1. The molecule has 2 heterocycles. The van der Waals surface area contributed by atoms with E-state index in [0.29, 0.717) is 0 Å². The molecule has 1 aliphatic heterocycles. The Bertz CT molecular complexity index is 383. The van der Waals surface area contributed by atoms with Crippen molar-refractivity contribution in [3.8, 4) is 0 Å². The number of likely N-dealkylation sites (tertiary alicyclic amines) is 1. The van der Waals surface area contributed by atoms with Crippen LogP contribution in [0, 0.1) is 5.92 Å². The zero-order chi connectivity index (χ0) is 13.1. The lowest BCUT2D eigenvalue weighted by atomic mass is 9.77. The van der Waals surface area contributed by atoms with Crippen molar-refractivity contribution in [2.45, 2.75) is 50.5 Å². The molecule has 106 valence electrons. The van der Waals surface area contributed by atoms with Crippen molar-refractivity contribution in [3.63, 3.8) is 0 Å². The molecule has 2 aliphatic rings. The van der Waals surface area contributed by atoms with Crippen LogP contribution < -0.4 is 0 Å². The van der Waals surface area contributed by atoms with Crippen molar-refractivity contribution in [1.82, 2.24) is 4.90 Å². The van der Waals surface area contributed by atoms with Gasteiger partial charge in [-0.05, 0) is 43.7 Å². The SMILES string of the molecule is [18F]CC1CCCN(C2(c3cccs3)CCCCC2)C1. The van der Waals surface area contributed by atoms with Crippen LogP contribution in [0.1, 0.15) is 49.8 Å². The van der Waals surface area contributed by atoms with E-state index in [0.717, 1.165) is 19.5 Å². The third-order valence-electron chi connectivity index (χ3n) is 5.00. The van der Waals surface area contributed by atoms with Crippen LogP contribution in [0.25, 0.3) is 0 Å². The summed E-state index contributed by atoms with van der Waals surface area (Å²) in [5.74, 6) is 0.271. The largest absolute Gasteiger partial charge is 0.292 e. The molecule has 0 amide bonds. The van der Waals surface area contributed by atoms with Gasteiger partial charge in [-0.15, -0.1) is 11.3 Å². The van der Waals surface area contributed by atoms with Gasteiger partial charge in [-0.25, -0.2) is 0 Å². The summed E-state index contributed by atoms with van der Waals surface area (Å²) < 4.78 is 13.1. The highest BCUT2D eigenvalue weighted by Crippen LogP contribution is 2.45. The Balaban J connectivity index is 1.86. The molecule has 0 bridgehead atoms. The van der Waals surface area contributed by atoms with E-state index >= 15 is 0 Å². The second-order valence-electron chi connectivity index (χ2n) is 6.18. The summed E-state index contributed by atoms with van der Waals surface area (Å²) in [5.41, 5.74) is 0.236. The molecule has 0 N–H and O–H groups in total. The van der Waals surface area contributed by atoms with E-state index in [1.807, 2.05) is 11.3 Å². The third kappa shape index (κ3) is 2.59. The highest BCUT2D eigenvalue weighted by molar-refractivity contribution is 7.10. The second-order valence-corrected chi connectivity index (χ2v) is 7.13. The van der Waals surface area contributed by atoms with Gasteiger partial charge in [0.2, 0.25) is 0 Å².